The minimum Gasteiger partial charge on any atom is -0.480 e. The van der Waals surface area contributed by atoms with E-state index in [1.54, 1.807) is 41.7 Å². The van der Waals surface area contributed by atoms with Crippen LogP contribution in [0.3, 0.4) is 0 Å². The first-order chi connectivity index (χ1) is 13.6. The van der Waals surface area contributed by atoms with Gasteiger partial charge in [-0.25, -0.2) is 9.78 Å². The van der Waals surface area contributed by atoms with Crippen molar-refractivity contribution in [1.29, 1.82) is 0 Å². The van der Waals surface area contributed by atoms with Crippen molar-refractivity contribution in [2.75, 3.05) is 24.6 Å². The van der Waals surface area contributed by atoms with Crippen LogP contribution in [0.25, 0.3) is 10.2 Å². The van der Waals surface area contributed by atoms with Gasteiger partial charge >= 0.3 is 5.97 Å². The maximum absolute atomic E-state index is 12.1. The quantitative estimate of drug-likeness (QED) is 0.386. The molecule has 5 nitrogen and oxygen atoms in total. The van der Waals surface area contributed by atoms with Gasteiger partial charge < -0.3 is 14.4 Å². The summed E-state index contributed by atoms with van der Waals surface area (Å²) in [4.78, 5) is 19.1. The maximum Gasteiger partial charge on any atom is 0.349 e. The molecule has 28 heavy (non-hydrogen) atoms. The number of ether oxygens (including phenoxy) is 2. The van der Waals surface area contributed by atoms with E-state index in [0.717, 1.165) is 28.4 Å². The largest absolute Gasteiger partial charge is 0.480 e. The molecule has 1 aliphatic rings. The molecule has 2 aromatic carbocycles. The lowest BCUT2D eigenvalue weighted by Crippen LogP contribution is -2.29. The number of anilines is 1. The highest BCUT2D eigenvalue weighted by molar-refractivity contribution is 7.22. The van der Waals surface area contributed by atoms with E-state index >= 15 is 0 Å². The molecule has 0 radical (unpaired) electrons. The summed E-state index contributed by atoms with van der Waals surface area (Å²) in [5.41, 5.74) is 0.831. The maximum atomic E-state index is 12.1. The number of benzene rings is 2. The van der Waals surface area contributed by atoms with E-state index in [0.29, 0.717) is 21.5 Å². The third kappa shape index (κ3) is 4.51. The number of rotatable bonds is 5. The molecule has 0 N–H and O–H groups in total. The first-order valence-electron chi connectivity index (χ1n) is 9.02. The molecule has 1 saturated heterocycles. The zero-order valence-corrected chi connectivity index (χ0v) is 17.3. The van der Waals surface area contributed by atoms with Crippen molar-refractivity contribution < 1.29 is 14.3 Å². The van der Waals surface area contributed by atoms with Crippen LogP contribution < -0.4 is 14.4 Å². The minimum atomic E-state index is -0.517. The lowest BCUT2D eigenvalue weighted by molar-refractivity contribution is -0.136. The van der Waals surface area contributed by atoms with Crippen LogP contribution in [-0.4, -0.2) is 30.6 Å². The van der Waals surface area contributed by atoms with E-state index in [-0.39, 0.29) is 6.61 Å². The van der Waals surface area contributed by atoms with Gasteiger partial charge in [0, 0.05) is 24.2 Å². The van der Waals surface area contributed by atoms with Crippen molar-refractivity contribution in [2.45, 2.75) is 19.3 Å². The van der Waals surface area contributed by atoms with E-state index in [1.807, 2.05) is 6.07 Å². The Labute approximate surface area is 176 Å². The second kappa shape index (κ2) is 8.55. The zero-order valence-electron chi connectivity index (χ0n) is 15.0. The van der Waals surface area contributed by atoms with Crippen LogP contribution in [0, 0.1) is 0 Å². The van der Waals surface area contributed by atoms with Crippen molar-refractivity contribution in [2.24, 2.45) is 0 Å². The fraction of sp³-hybridized carbons (Fsp3) is 0.300. The summed E-state index contributed by atoms with van der Waals surface area (Å²) in [6, 6.07) is 10.3. The van der Waals surface area contributed by atoms with Crippen molar-refractivity contribution in [3.8, 4) is 11.5 Å². The molecular weight excluding hydrogens is 419 g/mol. The van der Waals surface area contributed by atoms with Gasteiger partial charge in [-0.15, -0.1) is 0 Å². The number of thiazole rings is 1. The Morgan fingerprint density at radius 1 is 1.11 bits per heavy atom. The molecule has 1 fully saturated rings. The van der Waals surface area contributed by atoms with E-state index < -0.39 is 5.97 Å². The van der Waals surface area contributed by atoms with Crippen LogP contribution in [0.2, 0.25) is 10.0 Å². The Balaban J connectivity index is 1.40. The molecule has 4 rings (SSSR count). The normalized spacial score (nSPS) is 14.3. The molecule has 0 aliphatic carbocycles. The van der Waals surface area contributed by atoms with Gasteiger partial charge in [-0.3, -0.25) is 0 Å². The van der Waals surface area contributed by atoms with E-state index in [4.69, 9.17) is 37.7 Å². The number of hydrogen-bond acceptors (Lipinski definition) is 6. The first-order valence-corrected chi connectivity index (χ1v) is 10.6. The molecule has 3 aromatic rings. The molecule has 146 valence electrons. The molecular formula is C20H18Cl2N2O3S. The SMILES string of the molecule is O=C(COc1ccc(Cl)cc1Cl)Oc1ccc2sc(N3CCCCC3)nc2c1. The second-order valence-electron chi connectivity index (χ2n) is 6.51. The van der Waals surface area contributed by atoms with Crippen LogP contribution in [0.15, 0.2) is 36.4 Å². The molecule has 0 bridgehead atoms. The highest BCUT2D eigenvalue weighted by Crippen LogP contribution is 2.32. The highest BCUT2D eigenvalue weighted by Gasteiger charge is 2.16. The van der Waals surface area contributed by atoms with Crippen LogP contribution in [0.5, 0.6) is 11.5 Å². The number of halogens is 2. The summed E-state index contributed by atoms with van der Waals surface area (Å²) in [7, 11) is 0. The van der Waals surface area contributed by atoms with Crippen molar-refractivity contribution in [1.82, 2.24) is 4.98 Å². The smallest absolute Gasteiger partial charge is 0.349 e. The second-order valence-corrected chi connectivity index (χ2v) is 8.36. The van der Waals surface area contributed by atoms with Crippen molar-refractivity contribution >= 4 is 55.9 Å². The van der Waals surface area contributed by atoms with Crippen LogP contribution in [0.4, 0.5) is 5.13 Å². The van der Waals surface area contributed by atoms with Crippen LogP contribution in [0.1, 0.15) is 19.3 Å². The van der Waals surface area contributed by atoms with Crippen LogP contribution >= 0.6 is 34.5 Å². The van der Waals surface area contributed by atoms with Gasteiger partial charge in [0.15, 0.2) is 11.7 Å². The van der Waals surface area contributed by atoms with E-state index in [9.17, 15) is 4.79 Å². The number of carbonyl (C=O) groups excluding carboxylic acids is 1. The van der Waals surface area contributed by atoms with E-state index in [1.165, 1.54) is 19.3 Å². The van der Waals surface area contributed by atoms with Gasteiger partial charge in [0.2, 0.25) is 0 Å². The predicted octanol–water partition coefficient (Wildman–Crippen LogP) is 5.58. The summed E-state index contributed by atoms with van der Waals surface area (Å²) in [5, 5.41) is 1.87. The Morgan fingerprint density at radius 2 is 1.93 bits per heavy atom. The summed E-state index contributed by atoms with van der Waals surface area (Å²) in [6.45, 7) is 1.84. The average molecular weight is 437 g/mol. The number of nitrogens with zero attached hydrogens (tertiary/aromatic N) is 2. The monoisotopic (exact) mass is 436 g/mol. The number of carbonyl (C=O) groups is 1. The minimum absolute atomic E-state index is 0.254. The van der Waals surface area contributed by atoms with Gasteiger partial charge in [0.1, 0.15) is 11.5 Å². The third-order valence-corrected chi connectivity index (χ3v) is 6.07. The Morgan fingerprint density at radius 3 is 2.71 bits per heavy atom. The molecule has 1 aromatic heterocycles. The van der Waals surface area contributed by atoms with E-state index in [2.05, 4.69) is 4.90 Å². The lowest BCUT2D eigenvalue weighted by Gasteiger charge is -2.25. The van der Waals surface area contributed by atoms with Gasteiger partial charge in [0.05, 0.1) is 15.2 Å². The fourth-order valence-electron chi connectivity index (χ4n) is 3.07. The van der Waals surface area contributed by atoms with Crippen LogP contribution in [-0.2, 0) is 4.79 Å². The van der Waals surface area contributed by atoms with Crippen molar-refractivity contribution in [3.63, 3.8) is 0 Å². The van der Waals surface area contributed by atoms with Crippen molar-refractivity contribution in [3.05, 3.63) is 46.4 Å². The Kier molecular flexibility index (Phi) is 5.90. The fourth-order valence-corrected chi connectivity index (χ4v) is 4.53. The highest BCUT2D eigenvalue weighted by atomic mass is 35.5. The Hall–Kier alpha value is -2.02. The third-order valence-electron chi connectivity index (χ3n) is 4.45. The van der Waals surface area contributed by atoms with Gasteiger partial charge in [-0.05, 0) is 49.6 Å². The molecule has 0 unspecified atom stereocenters. The average Bonchev–Trinajstić information content (AvgIpc) is 3.11. The number of hydrogen-bond donors (Lipinski definition) is 0. The molecule has 0 amide bonds. The molecule has 0 saturated carbocycles. The van der Waals surface area contributed by atoms with Gasteiger partial charge in [0.25, 0.3) is 0 Å². The zero-order chi connectivity index (χ0) is 19.5. The van der Waals surface area contributed by atoms with Gasteiger partial charge in [-0.2, -0.15) is 0 Å². The molecule has 0 atom stereocenters. The summed E-state index contributed by atoms with van der Waals surface area (Å²) in [6.07, 6.45) is 3.69. The molecule has 1 aliphatic heterocycles. The molecule has 2 heterocycles. The number of fused-ring (bicyclic) bond motifs is 1. The standard InChI is InChI=1S/C20H18Cl2N2O3S/c21-13-4-6-17(15(22)10-13)26-12-19(25)27-14-5-7-18-16(11-14)23-20(28-18)24-8-2-1-3-9-24/h4-7,10-11H,1-3,8-9,12H2. The lowest BCUT2D eigenvalue weighted by atomic mass is 10.1. The topological polar surface area (TPSA) is 51.7 Å². The van der Waals surface area contributed by atoms with Gasteiger partial charge in [-0.1, -0.05) is 34.5 Å². The number of aromatic nitrogens is 1. The first kappa shape index (κ1) is 19.3. The summed E-state index contributed by atoms with van der Waals surface area (Å²) < 4.78 is 11.9. The molecule has 8 heteroatoms. The summed E-state index contributed by atoms with van der Waals surface area (Å²) in [5.74, 6) is 0.305. The Bertz CT molecular complexity index is 1000. The number of esters is 1. The predicted molar refractivity (Wildman–Crippen MR) is 113 cm³/mol. The number of piperidine rings is 1. The molecule has 0 spiro atoms. The summed E-state index contributed by atoms with van der Waals surface area (Å²) >= 11 is 13.5.